The Balaban J connectivity index is 0.000000882. The molecule has 0 fully saturated rings. The van der Waals surface area contributed by atoms with E-state index in [4.69, 9.17) is 9.47 Å². The van der Waals surface area contributed by atoms with Gasteiger partial charge in [0, 0.05) is 11.1 Å². The van der Waals surface area contributed by atoms with Crippen LogP contribution in [0, 0.1) is 0 Å². The van der Waals surface area contributed by atoms with E-state index in [1.165, 1.54) is 128 Å². The monoisotopic (exact) mass is 678 g/mol. The third-order valence-electron chi connectivity index (χ3n) is 8.22. The van der Waals surface area contributed by atoms with Crippen LogP contribution in [-0.2, 0) is 0 Å². The van der Waals surface area contributed by atoms with Crippen molar-refractivity contribution < 1.29 is 29.3 Å². The Labute approximate surface area is 316 Å². The van der Waals surface area contributed by atoms with Gasteiger partial charge in [-0.1, -0.05) is 167 Å². The van der Waals surface area contributed by atoms with Crippen molar-refractivity contribution in [1.29, 1.82) is 0 Å². The second-order valence-electron chi connectivity index (χ2n) is 12.3. The molecular formula is C40H62CaO6. The molecule has 2 rings (SSSR count). The Kier molecular flexibility index (Phi) is 31.5. The van der Waals surface area contributed by atoms with E-state index >= 15 is 0 Å². The molecule has 2 aromatic rings. The van der Waals surface area contributed by atoms with Crippen LogP contribution in [0.25, 0.3) is 0 Å². The summed E-state index contributed by atoms with van der Waals surface area (Å²) in [6, 6.07) is 13.3. The molecule has 0 heterocycles. The molecule has 0 amide bonds. The first-order chi connectivity index (χ1) is 22.5. The summed E-state index contributed by atoms with van der Waals surface area (Å²) in [6.45, 7) is 5.64. The van der Waals surface area contributed by atoms with Gasteiger partial charge in [-0.25, -0.2) is 0 Å². The molecule has 0 N–H and O–H groups in total. The van der Waals surface area contributed by atoms with Gasteiger partial charge in [-0.15, -0.1) is 0 Å². The minimum Gasteiger partial charge on any atom is -0.545 e. The molecule has 0 aliphatic heterocycles. The number of carbonyl (C=O) groups excluding carboxylic acids is 2. The average Bonchev–Trinajstić information content (AvgIpc) is 3.06. The third-order valence-corrected chi connectivity index (χ3v) is 8.22. The van der Waals surface area contributed by atoms with Gasteiger partial charge in [-0.3, -0.25) is 0 Å². The largest absolute Gasteiger partial charge is 2.00 e. The molecule has 0 saturated heterocycles. The van der Waals surface area contributed by atoms with Crippen LogP contribution in [0.5, 0.6) is 11.5 Å². The van der Waals surface area contributed by atoms with Gasteiger partial charge in [-0.05, 0) is 37.1 Å². The Bertz CT molecular complexity index is 946. The Morgan fingerprint density at radius 3 is 0.979 bits per heavy atom. The Morgan fingerprint density at radius 1 is 0.447 bits per heavy atom. The Hall–Kier alpha value is -1.76. The number of carboxylic acid groups (broad SMARTS) is 2. The van der Waals surface area contributed by atoms with Gasteiger partial charge >= 0.3 is 37.7 Å². The number of hydrogen-bond donors (Lipinski definition) is 0. The number of carbonyl (C=O) groups is 2. The molecule has 260 valence electrons. The zero-order valence-corrected chi connectivity index (χ0v) is 32.0. The predicted molar refractivity (Wildman–Crippen MR) is 191 cm³/mol. The smallest absolute Gasteiger partial charge is 0.545 e. The van der Waals surface area contributed by atoms with Crippen molar-refractivity contribution in [2.45, 2.75) is 155 Å². The van der Waals surface area contributed by atoms with E-state index in [9.17, 15) is 19.8 Å². The van der Waals surface area contributed by atoms with Crippen LogP contribution >= 0.6 is 0 Å². The molecule has 47 heavy (non-hydrogen) atoms. The van der Waals surface area contributed by atoms with Crippen LogP contribution in [0.3, 0.4) is 0 Å². The summed E-state index contributed by atoms with van der Waals surface area (Å²) < 4.78 is 11.1. The number of benzene rings is 2. The molecule has 6 nitrogen and oxygen atoms in total. The summed E-state index contributed by atoms with van der Waals surface area (Å²) >= 11 is 0. The van der Waals surface area contributed by atoms with E-state index in [0.29, 0.717) is 24.7 Å². The van der Waals surface area contributed by atoms with Crippen molar-refractivity contribution in [3.63, 3.8) is 0 Å². The van der Waals surface area contributed by atoms with Gasteiger partial charge in [-0.2, -0.15) is 0 Å². The quantitative estimate of drug-likeness (QED) is 0.0658. The summed E-state index contributed by atoms with van der Waals surface area (Å²) in [5.41, 5.74) is 0.270. The number of para-hydroxylation sites is 2. The normalized spacial score (nSPS) is 10.4. The van der Waals surface area contributed by atoms with Crippen molar-refractivity contribution in [3.05, 3.63) is 59.7 Å². The standard InChI is InChI=1S/2C20H32O3.Ca/c2*1-2-3-4-5-6-7-8-9-10-11-14-17-23-19-16-13-12-15-18(19)20(21)22;/h2*12-13,15-16H,2-11,14,17H2,1H3,(H,21,22);/q;;+2/p-2. The summed E-state index contributed by atoms with van der Waals surface area (Å²) in [5.74, 6) is -1.53. The summed E-state index contributed by atoms with van der Waals surface area (Å²) in [6.07, 6.45) is 28.4. The zero-order valence-electron chi connectivity index (χ0n) is 29.7. The topological polar surface area (TPSA) is 98.7 Å². The van der Waals surface area contributed by atoms with Gasteiger partial charge in [0.25, 0.3) is 0 Å². The maximum atomic E-state index is 10.9. The maximum absolute atomic E-state index is 10.9. The van der Waals surface area contributed by atoms with E-state index < -0.39 is 11.9 Å². The number of unbranched alkanes of at least 4 members (excludes halogenated alkanes) is 20. The van der Waals surface area contributed by atoms with Crippen molar-refractivity contribution >= 4 is 49.7 Å². The number of rotatable bonds is 28. The minimum atomic E-state index is -1.18. The van der Waals surface area contributed by atoms with Crippen LogP contribution in [0.1, 0.15) is 176 Å². The van der Waals surface area contributed by atoms with Crippen molar-refractivity contribution in [2.24, 2.45) is 0 Å². The maximum Gasteiger partial charge on any atom is 2.00 e. The molecule has 0 saturated carbocycles. The third kappa shape index (κ3) is 25.0. The first kappa shape index (κ1) is 45.2. The van der Waals surface area contributed by atoms with E-state index in [-0.39, 0.29) is 48.9 Å². The van der Waals surface area contributed by atoms with E-state index in [0.717, 1.165) is 25.7 Å². The van der Waals surface area contributed by atoms with E-state index in [2.05, 4.69) is 13.8 Å². The fraction of sp³-hybridized carbons (Fsp3) is 0.650. The first-order valence-corrected chi connectivity index (χ1v) is 18.4. The van der Waals surface area contributed by atoms with Gasteiger partial charge in [0.2, 0.25) is 0 Å². The molecule has 0 bridgehead atoms. The second kappa shape index (κ2) is 32.8. The molecule has 7 heteroatoms. The summed E-state index contributed by atoms with van der Waals surface area (Å²) in [5, 5.41) is 21.9. The van der Waals surface area contributed by atoms with Crippen molar-refractivity contribution in [1.82, 2.24) is 0 Å². The molecule has 0 aromatic heterocycles. The molecule has 0 unspecified atom stereocenters. The summed E-state index contributed by atoms with van der Waals surface area (Å²) in [4.78, 5) is 21.9. The predicted octanol–water partition coefficient (Wildman–Crippen LogP) is 9.10. The van der Waals surface area contributed by atoms with Gasteiger partial charge in [0.05, 0.1) is 25.2 Å². The molecule has 0 atom stereocenters. The van der Waals surface area contributed by atoms with Crippen molar-refractivity contribution in [3.8, 4) is 11.5 Å². The molecular weight excluding hydrogens is 617 g/mol. The van der Waals surface area contributed by atoms with Gasteiger partial charge in [0.15, 0.2) is 0 Å². The number of ether oxygens (including phenoxy) is 2. The Morgan fingerprint density at radius 2 is 0.702 bits per heavy atom. The number of hydrogen-bond acceptors (Lipinski definition) is 6. The van der Waals surface area contributed by atoms with E-state index in [1.54, 1.807) is 36.4 Å². The van der Waals surface area contributed by atoms with Gasteiger partial charge in [0.1, 0.15) is 11.5 Å². The van der Waals surface area contributed by atoms with Crippen LogP contribution in [0.2, 0.25) is 0 Å². The zero-order chi connectivity index (χ0) is 33.5. The first-order valence-electron chi connectivity index (χ1n) is 18.4. The molecule has 0 aliphatic rings. The fourth-order valence-electron chi connectivity index (χ4n) is 5.42. The summed E-state index contributed by atoms with van der Waals surface area (Å²) in [7, 11) is 0. The van der Waals surface area contributed by atoms with Crippen LogP contribution in [0.15, 0.2) is 48.5 Å². The second-order valence-corrected chi connectivity index (χ2v) is 12.3. The number of carboxylic acids is 2. The average molecular weight is 679 g/mol. The van der Waals surface area contributed by atoms with Crippen LogP contribution in [-0.4, -0.2) is 62.9 Å². The molecule has 0 spiro atoms. The van der Waals surface area contributed by atoms with E-state index in [1.807, 2.05) is 0 Å². The number of aromatic carboxylic acids is 2. The molecule has 2 aromatic carbocycles. The van der Waals surface area contributed by atoms with Crippen LogP contribution < -0.4 is 19.7 Å². The van der Waals surface area contributed by atoms with Gasteiger partial charge < -0.3 is 29.3 Å². The fourth-order valence-corrected chi connectivity index (χ4v) is 5.42. The molecule has 0 aliphatic carbocycles. The SMILES string of the molecule is CCCCCCCCCCCCCOc1ccccc1C(=O)[O-].CCCCCCCCCCCCCOc1ccccc1C(=O)[O-].[Ca+2]. The van der Waals surface area contributed by atoms with Crippen LogP contribution in [0.4, 0.5) is 0 Å². The van der Waals surface area contributed by atoms with Crippen molar-refractivity contribution in [2.75, 3.05) is 13.2 Å². The minimum absolute atomic E-state index is 0. The molecule has 0 radical (unpaired) electrons.